The summed E-state index contributed by atoms with van der Waals surface area (Å²) in [7, 11) is 1.65. The molecule has 0 rings (SSSR count). The maximum atomic E-state index is 9.66. The van der Waals surface area contributed by atoms with Crippen LogP contribution in [0, 0.1) is 11.8 Å². The van der Waals surface area contributed by atoms with Gasteiger partial charge in [-0.2, -0.15) is 0 Å². The molecule has 1 N–H and O–H groups in total. The van der Waals surface area contributed by atoms with Crippen LogP contribution in [-0.2, 0) is 9.47 Å². The largest absolute Gasteiger partial charge is 0.380 e. The van der Waals surface area contributed by atoms with Gasteiger partial charge in [0.05, 0.1) is 0 Å². The second-order valence-electron chi connectivity index (χ2n) is 5.87. The third kappa shape index (κ3) is 17.5. The molecule has 22 heavy (non-hydrogen) atoms. The summed E-state index contributed by atoms with van der Waals surface area (Å²) in [6.07, 6.45) is 13.5. The molecule has 130 valence electrons. The Bertz CT molecular complexity index is 268. The second-order valence-corrected chi connectivity index (χ2v) is 5.87. The van der Waals surface area contributed by atoms with E-state index in [0.29, 0.717) is 6.79 Å². The normalized spacial score (nSPS) is 12.0. The molecule has 0 saturated heterocycles. The Hall–Kier alpha value is -0.560. The van der Waals surface area contributed by atoms with Crippen molar-refractivity contribution in [2.24, 2.45) is 0 Å². The minimum atomic E-state index is -0.410. The zero-order valence-corrected chi connectivity index (χ0v) is 14.7. The summed E-state index contributed by atoms with van der Waals surface area (Å²) in [6, 6.07) is 0. The van der Waals surface area contributed by atoms with Crippen molar-refractivity contribution in [3.8, 4) is 11.8 Å². The van der Waals surface area contributed by atoms with E-state index in [4.69, 9.17) is 9.47 Å². The van der Waals surface area contributed by atoms with Gasteiger partial charge in [0, 0.05) is 20.1 Å². The minimum absolute atomic E-state index is 0.410. The zero-order valence-electron chi connectivity index (χ0n) is 14.7. The second kappa shape index (κ2) is 18.5. The molecule has 3 heteroatoms. The first kappa shape index (κ1) is 21.4. The van der Waals surface area contributed by atoms with Crippen LogP contribution in [-0.4, -0.2) is 31.7 Å². The van der Waals surface area contributed by atoms with Gasteiger partial charge in [0.1, 0.15) is 12.9 Å². The maximum absolute atomic E-state index is 9.66. The Morgan fingerprint density at radius 3 is 2.27 bits per heavy atom. The summed E-state index contributed by atoms with van der Waals surface area (Å²) in [5.41, 5.74) is 0. The zero-order chi connectivity index (χ0) is 16.3. The Balaban J connectivity index is 3.20. The molecule has 0 radical (unpaired) electrons. The molecule has 0 amide bonds. The highest BCUT2D eigenvalue weighted by Gasteiger charge is 1.97. The fourth-order valence-electron chi connectivity index (χ4n) is 2.29. The lowest BCUT2D eigenvalue weighted by Gasteiger charge is -2.03. The molecular weight excluding hydrogens is 276 g/mol. The van der Waals surface area contributed by atoms with E-state index in [1.165, 1.54) is 44.9 Å². The predicted molar refractivity (Wildman–Crippen MR) is 92.7 cm³/mol. The number of methoxy groups -OCH3 is 1. The molecule has 0 heterocycles. The molecule has 0 aliphatic carbocycles. The van der Waals surface area contributed by atoms with Crippen molar-refractivity contribution in [1.29, 1.82) is 0 Å². The monoisotopic (exact) mass is 312 g/mol. The number of ether oxygens (including phenoxy) is 2. The fourth-order valence-corrected chi connectivity index (χ4v) is 2.29. The van der Waals surface area contributed by atoms with Crippen LogP contribution >= 0.6 is 0 Å². The van der Waals surface area contributed by atoms with E-state index in [1.54, 1.807) is 7.11 Å². The van der Waals surface area contributed by atoms with Crippen LogP contribution in [0.1, 0.15) is 84.0 Å². The molecule has 0 aromatic heterocycles. The lowest BCUT2D eigenvalue weighted by atomic mass is 10.1. The molecule has 0 aliphatic heterocycles. The number of aliphatic hydroxyl groups excluding tert-OH is 1. The molecule has 0 spiro atoms. The van der Waals surface area contributed by atoms with Crippen molar-refractivity contribution >= 4 is 0 Å². The Labute approximate surface area is 137 Å². The van der Waals surface area contributed by atoms with Crippen LogP contribution in [0.25, 0.3) is 0 Å². The van der Waals surface area contributed by atoms with E-state index in [0.717, 1.165) is 38.7 Å². The highest BCUT2D eigenvalue weighted by Crippen LogP contribution is 2.08. The lowest BCUT2D eigenvalue weighted by molar-refractivity contribution is -0.0315. The van der Waals surface area contributed by atoms with Crippen LogP contribution in [0.4, 0.5) is 0 Å². The van der Waals surface area contributed by atoms with E-state index in [1.807, 2.05) is 0 Å². The molecule has 0 bridgehead atoms. The predicted octanol–water partition coefficient (Wildman–Crippen LogP) is 4.67. The van der Waals surface area contributed by atoms with Gasteiger partial charge in [-0.3, -0.25) is 0 Å². The molecule has 0 saturated carbocycles. The minimum Gasteiger partial charge on any atom is -0.380 e. The number of rotatable bonds is 15. The van der Waals surface area contributed by atoms with E-state index >= 15 is 0 Å². The third-order valence-electron chi connectivity index (χ3n) is 3.64. The van der Waals surface area contributed by atoms with Crippen LogP contribution < -0.4 is 0 Å². The van der Waals surface area contributed by atoms with Crippen molar-refractivity contribution in [3.05, 3.63) is 0 Å². The van der Waals surface area contributed by atoms with E-state index in [2.05, 4.69) is 18.8 Å². The van der Waals surface area contributed by atoms with Gasteiger partial charge in [-0.15, -0.1) is 5.92 Å². The molecule has 0 fully saturated rings. The highest BCUT2D eigenvalue weighted by molar-refractivity contribution is 5.04. The van der Waals surface area contributed by atoms with Gasteiger partial charge < -0.3 is 14.6 Å². The standard InChI is InChI=1S/C19H36O3/c1-3-4-12-15-19(20)16-13-10-8-6-5-7-9-11-14-17-22-18-21-2/h19-20H,3-12,14-15,17-18H2,1-2H3. The van der Waals surface area contributed by atoms with E-state index < -0.39 is 6.10 Å². The Kier molecular flexibility index (Phi) is 18.0. The van der Waals surface area contributed by atoms with Crippen LogP contribution in [0.3, 0.4) is 0 Å². The van der Waals surface area contributed by atoms with E-state index in [-0.39, 0.29) is 0 Å². The van der Waals surface area contributed by atoms with Crippen molar-refractivity contribution in [2.75, 3.05) is 20.5 Å². The van der Waals surface area contributed by atoms with Crippen molar-refractivity contribution in [3.63, 3.8) is 0 Å². The summed E-state index contributed by atoms with van der Waals surface area (Å²) < 4.78 is 10.1. The summed E-state index contributed by atoms with van der Waals surface area (Å²) in [5.74, 6) is 6.07. The van der Waals surface area contributed by atoms with Crippen molar-refractivity contribution < 1.29 is 14.6 Å². The third-order valence-corrected chi connectivity index (χ3v) is 3.64. The van der Waals surface area contributed by atoms with Gasteiger partial charge in [-0.05, 0) is 25.7 Å². The molecule has 1 atom stereocenters. The summed E-state index contributed by atoms with van der Waals surface area (Å²) in [6.45, 7) is 3.39. The first-order chi connectivity index (χ1) is 10.8. The molecule has 0 aliphatic rings. The van der Waals surface area contributed by atoms with Gasteiger partial charge in [0.2, 0.25) is 0 Å². The number of unbranched alkanes of at least 4 members (excludes halogenated alkanes) is 9. The Morgan fingerprint density at radius 2 is 1.59 bits per heavy atom. The molecule has 0 aromatic rings. The Morgan fingerprint density at radius 1 is 0.909 bits per heavy atom. The molecular formula is C19H36O3. The average molecular weight is 312 g/mol. The van der Waals surface area contributed by atoms with Gasteiger partial charge in [0.15, 0.2) is 0 Å². The maximum Gasteiger partial charge on any atom is 0.146 e. The molecule has 3 nitrogen and oxygen atoms in total. The molecule has 0 aromatic carbocycles. The van der Waals surface area contributed by atoms with Gasteiger partial charge in [0.25, 0.3) is 0 Å². The SMILES string of the molecule is CCCCCC(O)C#CCCCCCCCCCOCOC. The number of hydrogen-bond donors (Lipinski definition) is 1. The van der Waals surface area contributed by atoms with Gasteiger partial charge in [-0.1, -0.05) is 57.8 Å². The van der Waals surface area contributed by atoms with Crippen LogP contribution in [0.5, 0.6) is 0 Å². The smallest absolute Gasteiger partial charge is 0.146 e. The van der Waals surface area contributed by atoms with Gasteiger partial charge in [-0.25, -0.2) is 0 Å². The van der Waals surface area contributed by atoms with Crippen LogP contribution in [0.2, 0.25) is 0 Å². The quantitative estimate of drug-likeness (QED) is 0.271. The topological polar surface area (TPSA) is 38.7 Å². The van der Waals surface area contributed by atoms with Crippen molar-refractivity contribution in [1.82, 2.24) is 0 Å². The van der Waals surface area contributed by atoms with Crippen LogP contribution in [0.15, 0.2) is 0 Å². The van der Waals surface area contributed by atoms with Crippen molar-refractivity contribution in [2.45, 2.75) is 90.1 Å². The summed E-state index contributed by atoms with van der Waals surface area (Å²) in [5, 5.41) is 9.66. The highest BCUT2D eigenvalue weighted by atomic mass is 16.7. The first-order valence-electron chi connectivity index (χ1n) is 9.04. The first-order valence-corrected chi connectivity index (χ1v) is 9.04. The summed E-state index contributed by atoms with van der Waals surface area (Å²) in [4.78, 5) is 0. The molecule has 1 unspecified atom stereocenters. The number of aliphatic hydroxyl groups is 1. The lowest BCUT2D eigenvalue weighted by Crippen LogP contribution is -2.01. The van der Waals surface area contributed by atoms with Gasteiger partial charge >= 0.3 is 0 Å². The average Bonchev–Trinajstić information content (AvgIpc) is 2.52. The summed E-state index contributed by atoms with van der Waals surface area (Å²) >= 11 is 0. The number of hydrogen-bond acceptors (Lipinski definition) is 3. The fraction of sp³-hybridized carbons (Fsp3) is 0.895. The van der Waals surface area contributed by atoms with E-state index in [9.17, 15) is 5.11 Å².